The highest BCUT2D eigenvalue weighted by molar-refractivity contribution is 7.89. The second-order valence-corrected chi connectivity index (χ2v) is 8.35. The zero-order chi connectivity index (χ0) is 21.7. The number of primary sulfonamides is 1. The molecular formula is C21H16F3NO4S. The summed E-state index contributed by atoms with van der Waals surface area (Å²) in [7, 11) is -4.08. The third kappa shape index (κ3) is 3.61. The van der Waals surface area contributed by atoms with Crippen LogP contribution in [-0.4, -0.2) is 15.2 Å². The number of fused-ring (bicyclic) bond motifs is 1. The van der Waals surface area contributed by atoms with Crippen molar-refractivity contribution in [3.63, 3.8) is 0 Å². The fourth-order valence-electron chi connectivity index (χ4n) is 3.44. The largest absolute Gasteiger partial charge is 0.454 e. The number of hydrogen-bond donors (Lipinski definition) is 1. The first-order valence-corrected chi connectivity index (χ1v) is 10.3. The number of ether oxygens (including phenoxy) is 2. The summed E-state index contributed by atoms with van der Waals surface area (Å²) in [6.45, 7) is 1.33. The van der Waals surface area contributed by atoms with Crippen LogP contribution in [0.1, 0.15) is 11.1 Å². The maximum atomic E-state index is 13.5. The van der Waals surface area contributed by atoms with Crippen LogP contribution in [0.5, 0.6) is 11.5 Å². The van der Waals surface area contributed by atoms with E-state index in [0.29, 0.717) is 22.6 Å². The Morgan fingerprint density at radius 2 is 1.53 bits per heavy atom. The van der Waals surface area contributed by atoms with Crippen molar-refractivity contribution in [1.29, 1.82) is 0 Å². The number of nitrogens with two attached hydrogens (primary N) is 1. The number of rotatable bonds is 3. The Kier molecular flexibility index (Phi) is 4.74. The Hall–Kier alpha value is -3.04. The van der Waals surface area contributed by atoms with Gasteiger partial charge >= 0.3 is 6.18 Å². The number of alkyl halides is 3. The summed E-state index contributed by atoms with van der Waals surface area (Å²) in [5, 5.41) is 5.37. The summed E-state index contributed by atoms with van der Waals surface area (Å²) in [5.41, 5.74) is 0.538. The van der Waals surface area contributed by atoms with Crippen molar-refractivity contribution >= 4 is 10.0 Å². The topological polar surface area (TPSA) is 78.6 Å². The maximum absolute atomic E-state index is 13.5. The predicted molar refractivity (Wildman–Crippen MR) is 105 cm³/mol. The SMILES string of the molecule is Cc1ccc(-c2cc3c(cc2-c2ccccc2S(N)(=O)=O)OCO3)cc1C(F)(F)F. The van der Waals surface area contributed by atoms with Crippen molar-refractivity contribution in [2.24, 2.45) is 5.14 Å². The molecule has 2 N–H and O–H groups in total. The highest BCUT2D eigenvalue weighted by Gasteiger charge is 2.33. The standard InChI is InChI=1S/C21H16F3NO4S/c1-12-6-7-13(8-17(12)21(22,23)24)15-9-18-19(29-11-28-18)10-16(15)14-4-2-3-5-20(14)30(25,26)27/h2-10H,11H2,1H3,(H2,25,26,27). The lowest BCUT2D eigenvalue weighted by molar-refractivity contribution is -0.138. The minimum atomic E-state index is -4.53. The van der Waals surface area contributed by atoms with E-state index < -0.39 is 21.8 Å². The van der Waals surface area contributed by atoms with Gasteiger partial charge in [-0.2, -0.15) is 13.2 Å². The summed E-state index contributed by atoms with van der Waals surface area (Å²) in [4.78, 5) is -0.145. The molecule has 3 aromatic rings. The number of sulfonamides is 1. The van der Waals surface area contributed by atoms with Crippen LogP contribution >= 0.6 is 0 Å². The molecule has 0 unspecified atom stereocenters. The monoisotopic (exact) mass is 435 g/mol. The van der Waals surface area contributed by atoms with Gasteiger partial charge in [0.2, 0.25) is 16.8 Å². The molecule has 4 rings (SSSR count). The zero-order valence-corrected chi connectivity index (χ0v) is 16.5. The van der Waals surface area contributed by atoms with Crippen molar-refractivity contribution < 1.29 is 31.1 Å². The third-order valence-electron chi connectivity index (χ3n) is 4.85. The van der Waals surface area contributed by atoms with E-state index in [9.17, 15) is 21.6 Å². The molecule has 0 aliphatic carbocycles. The molecule has 3 aromatic carbocycles. The molecule has 1 aliphatic rings. The van der Waals surface area contributed by atoms with E-state index in [4.69, 9.17) is 14.6 Å². The third-order valence-corrected chi connectivity index (χ3v) is 5.82. The fraction of sp³-hybridized carbons (Fsp3) is 0.143. The summed E-state index contributed by atoms with van der Waals surface area (Å²) < 4.78 is 75.4. The van der Waals surface area contributed by atoms with Gasteiger partial charge in [0.1, 0.15) is 0 Å². The Morgan fingerprint density at radius 1 is 0.900 bits per heavy atom. The molecule has 0 spiro atoms. The first-order valence-electron chi connectivity index (χ1n) is 8.80. The van der Waals surface area contributed by atoms with Crippen LogP contribution in [-0.2, 0) is 16.2 Å². The van der Waals surface area contributed by atoms with Gasteiger partial charge in [-0.1, -0.05) is 30.3 Å². The number of aryl methyl sites for hydroxylation is 1. The molecule has 0 amide bonds. The minimum absolute atomic E-state index is 0.0449. The lowest BCUT2D eigenvalue weighted by Crippen LogP contribution is -2.13. The van der Waals surface area contributed by atoms with E-state index in [1.165, 1.54) is 25.1 Å². The summed E-state index contributed by atoms with van der Waals surface area (Å²) in [6.07, 6.45) is -4.53. The number of benzene rings is 3. The van der Waals surface area contributed by atoms with E-state index in [2.05, 4.69) is 0 Å². The van der Waals surface area contributed by atoms with Crippen molar-refractivity contribution in [2.45, 2.75) is 18.0 Å². The highest BCUT2D eigenvalue weighted by atomic mass is 32.2. The molecule has 156 valence electrons. The molecule has 5 nitrogen and oxygen atoms in total. The lowest BCUT2D eigenvalue weighted by atomic mass is 9.92. The van der Waals surface area contributed by atoms with Crippen LogP contribution in [0.25, 0.3) is 22.3 Å². The quantitative estimate of drug-likeness (QED) is 0.646. The van der Waals surface area contributed by atoms with Gasteiger partial charge in [0.15, 0.2) is 11.5 Å². The van der Waals surface area contributed by atoms with E-state index in [-0.39, 0.29) is 28.4 Å². The molecule has 0 fully saturated rings. The van der Waals surface area contributed by atoms with Crippen molar-refractivity contribution in [1.82, 2.24) is 0 Å². The average molecular weight is 435 g/mol. The van der Waals surface area contributed by atoms with E-state index in [1.807, 2.05) is 0 Å². The molecule has 0 saturated carbocycles. The predicted octanol–water partition coefficient (Wildman–Crippen LogP) is 4.72. The molecule has 0 bridgehead atoms. The molecule has 0 aromatic heterocycles. The molecule has 1 heterocycles. The fourth-order valence-corrected chi connectivity index (χ4v) is 4.19. The van der Waals surface area contributed by atoms with Gasteiger partial charge in [-0.3, -0.25) is 0 Å². The summed E-state index contributed by atoms with van der Waals surface area (Å²) in [6, 6.07) is 13.1. The summed E-state index contributed by atoms with van der Waals surface area (Å²) >= 11 is 0. The first-order chi connectivity index (χ1) is 14.1. The maximum Gasteiger partial charge on any atom is 0.416 e. The Morgan fingerprint density at radius 3 is 2.17 bits per heavy atom. The molecule has 0 radical (unpaired) electrons. The molecule has 0 saturated heterocycles. The molecular weight excluding hydrogens is 419 g/mol. The van der Waals surface area contributed by atoms with Crippen LogP contribution in [0.4, 0.5) is 13.2 Å². The Bertz CT molecular complexity index is 1250. The van der Waals surface area contributed by atoms with Crippen molar-refractivity contribution in [3.8, 4) is 33.8 Å². The van der Waals surface area contributed by atoms with Crippen LogP contribution < -0.4 is 14.6 Å². The van der Waals surface area contributed by atoms with E-state index in [1.54, 1.807) is 30.3 Å². The van der Waals surface area contributed by atoms with Gasteiger partial charge in [0.05, 0.1) is 10.5 Å². The molecule has 1 aliphatic heterocycles. The average Bonchev–Trinajstić information content (AvgIpc) is 3.13. The molecule has 0 atom stereocenters. The zero-order valence-electron chi connectivity index (χ0n) is 15.7. The lowest BCUT2D eigenvalue weighted by Gasteiger charge is -2.17. The van der Waals surface area contributed by atoms with Crippen LogP contribution in [0.3, 0.4) is 0 Å². The molecule has 9 heteroatoms. The van der Waals surface area contributed by atoms with Gasteiger partial charge in [-0.15, -0.1) is 0 Å². The van der Waals surface area contributed by atoms with Gasteiger partial charge in [0, 0.05) is 5.56 Å². The minimum Gasteiger partial charge on any atom is -0.454 e. The Balaban J connectivity index is 2.02. The second-order valence-electron chi connectivity index (χ2n) is 6.82. The van der Waals surface area contributed by atoms with Crippen molar-refractivity contribution in [3.05, 3.63) is 65.7 Å². The van der Waals surface area contributed by atoms with Crippen molar-refractivity contribution in [2.75, 3.05) is 6.79 Å². The van der Waals surface area contributed by atoms with Crippen LogP contribution in [0.15, 0.2) is 59.5 Å². The summed E-state index contributed by atoms with van der Waals surface area (Å²) in [5.74, 6) is 0.720. The smallest absolute Gasteiger partial charge is 0.416 e. The highest BCUT2D eigenvalue weighted by Crippen LogP contribution is 2.45. The normalized spacial score (nSPS) is 13.5. The van der Waals surface area contributed by atoms with E-state index in [0.717, 1.165) is 6.07 Å². The number of halogens is 3. The van der Waals surface area contributed by atoms with Crippen LogP contribution in [0, 0.1) is 6.92 Å². The van der Waals surface area contributed by atoms with E-state index >= 15 is 0 Å². The second kappa shape index (κ2) is 7.03. The van der Waals surface area contributed by atoms with Crippen LogP contribution in [0.2, 0.25) is 0 Å². The van der Waals surface area contributed by atoms with Gasteiger partial charge < -0.3 is 9.47 Å². The van der Waals surface area contributed by atoms with Gasteiger partial charge in [-0.25, -0.2) is 13.6 Å². The van der Waals surface area contributed by atoms with Gasteiger partial charge in [-0.05, 0) is 53.4 Å². The molecule has 30 heavy (non-hydrogen) atoms. The number of hydrogen-bond acceptors (Lipinski definition) is 4. The Labute approximate surface area is 170 Å². The first kappa shape index (κ1) is 20.2. The van der Waals surface area contributed by atoms with Gasteiger partial charge in [0.25, 0.3) is 0 Å².